The molecule has 170 valence electrons. The molecule has 1 unspecified atom stereocenters. The van der Waals surface area contributed by atoms with Crippen LogP contribution in [-0.2, 0) is 23.8 Å². The first-order valence-corrected chi connectivity index (χ1v) is 10.5. The standard InChI is InChI=1S/C22H25F3N6O/c1-3-18(32)30-6-8-31(9-7-30)21-15-5-4-14(11-16(15)27-12-28-21)20-19(22(23,24)25)13(2)10-17(26)29-20/h3,10,12,14H,1,4-9,11H2,2H3,(H2,26,29). The highest BCUT2D eigenvalue weighted by molar-refractivity contribution is 5.87. The largest absolute Gasteiger partial charge is 0.418 e. The molecule has 1 aliphatic carbocycles. The molecule has 1 saturated heterocycles. The van der Waals surface area contributed by atoms with Crippen LogP contribution in [0.15, 0.2) is 25.0 Å². The predicted molar refractivity (Wildman–Crippen MR) is 114 cm³/mol. The van der Waals surface area contributed by atoms with Crippen molar-refractivity contribution in [3.05, 3.63) is 53.1 Å². The summed E-state index contributed by atoms with van der Waals surface area (Å²) in [4.78, 5) is 28.6. The smallest absolute Gasteiger partial charge is 0.384 e. The molecule has 10 heteroatoms. The van der Waals surface area contributed by atoms with Crippen molar-refractivity contribution in [3.63, 3.8) is 0 Å². The number of aryl methyl sites for hydroxylation is 1. The van der Waals surface area contributed by atoms with Gasteiger partial charge in [-0.15, -0.1) is 0 Å². The Morgan fingerprint density at radius 2 is 1.97 bits per heavy atom. The van der Waals surface area contributed by atoms with Crippen molar-refractivity contribution in [2.24, 2.45) is 0 Å². The van der Waals surface area contributed by atoms with E-state index in [0.29, 0.717) is 45.4 Å². The summed E-state index contributed by atoms with van der Waals surface area (Å²) in [5.74, 6) is 0.368. The molecule has 2 aromatic rings. The number of piperazine rings is 1. The molecule has 32 heavy (non-hydrogen) atoms. The lowest BCUT2D eigenvalue weighted by atomic mass is 9.82. The number of nitrogens with two attached hydrogens (primary N) is 1. The van der Waals surface area contributed by atoms with E-state index in [4.69, 9.17) is 5.73 Å². The van der Waals surface area contributed by atoms with Gasteiger partial charge in [-0.1, -0.05) is 6.58 Å². The third kappa shape index (κ3) is 4.13. The van der Waals surface area contributed by atoms with Crippen LogP contribution in [0.3, 0.4) is 0 Å². The maximum absolute atomic E-state index is 13.8. The van der Waals surface area contributed by atoms with Gasteiger partial charge < -0.3 is 15.5 Å². The normalized spacial score (nSPS) is 18.9. The molecule has 2 N–H and O–H groups in total. The summed E-state index contributed by atoms with van der Waals surface area (Å²) >= 11 is 0. The Kier molecular flexibility index (Phi) is 5.79. The fraction of sp³-hybridized carbons (Fsp3) is 0.455. The van der Waals surface area contributed by atoms with E-state index >= 15 is 0 Å². The minimum absolute atomic E-state index is 0.00244. The van der Waals surface area contributed by atoms with E-state index in [-0.39, 0.29) is 23.0 Å². The van der Waals surface area contributed by atoms with Crippen molar-refractivity contribution in [1.82, 2.24) is 19.9 Å². The molecule has 3 heterocycles. The summed E-state index contributed by atoms with van der Waals surface area (Å²) in [5.41, 5.74) is 6.88. The van der Waals surface area contributed by atoms with E-state index in [2.05, 4.69) is 26.4 Å². The highest BCUT2D eigenvalue weighted by Crippen LogP contribution is 2.42. The number of halogens is 3. The van der Waals surface area contributed by atoms with Gasteiger partial charge in [0.15, 0.2) is 0 Å². The zero-order chi connectivity index (χ0) is 23.0. The van der Waals surface area contributed by atoms with Crippen molar-refractivity contribution in [1.29, 1.82) is 0 Å². The Labute approximate surface area is 184 Å². The number of fused-ring (bicyclic) bond motifs is 1. The predicted octanol–water partition coefficient (Wildman–Crippen LogP) is 2.89. The SMILES string of the molecule is C=CC(=O)N1CCN(c2ncnc3c2CCC(c2nc(N)cc(C)c2C(F)(F)F)C3)CC1. The number of hydrogen-bond donors (Lipinski definition) is 1. The monoisotopic (exact) mass is 446 g/mol. The number of alkyl halides is 3. The molecule has 1 atom stereocenters. The lowest BCUT2D eigenvalue weighted by molar-refractivity contribution is -0.139. The average Bonchev–Trinajstić information content (AvgIpc) is 2.76. The van der Waals surface area contributed by atoms with Crippen molar-refractivity contribution < 1.29 is 18.0 Å². The number of anilines is 2. The Balaban J connectivity index is 1.60. The molecule has 0 radical (unpaired) electrons. The third-order valence-corrected chi connectivity index (χ3v) is 6.19. The van der Waals surface area contributed by atoms with Crippen LogP contribution in [-0.4, -0.2) is 51.9 Å². The number of rotatable bonds is 3. The fourth-order valence-electron chi connectivity index (χ4n) is 4.69. The number of aromatic nitrogens is 3. The van der Waals surface area contributed by atoms with Gasteiger partial charge in [0.25, 0.3) is 0 Å². The van der Waals surface area contributed by atoms with Gasteiger partial charge in [0.1, 0.15) is 18.0 Å². The fourth-order valence-corrected chi connectivity index (χ4v) is 4.69. The van der Waals surface area contributed by atoms with Crippen LogP contribution < -0.4 is 10.6 Å². The van der Waals surface area contributed by atoms with Crippen LogP contribution in [0.4, 0.5) is 24.8 Å². The topological polar surface area (TPSA) is 88.2 Å². The minimum atomic E-state index is -4.50. The van der Waals surface area contributed by atoms with Crippen LogP contribution in [0.2, 0.25) is 0 Å². The van der Waals surface area contributed by atoms with Gasteiger partial charge in [0.05, 0.1) is 11.3 Å². The van der Waals surface area contributed by atoms with Gasteiger partial charge in [-0.2, -0.15) is 13.2 Å². The average molecular weight is 446 g/mol. The number of nitrogens with zero attached hydrogens (tertiary/aromatic N) is 5. The zero-order valence-corrected chi connectivity index (χ0v) is 17.8. The Morgan fingerprint density at radius 1 is 1.25 bits per heavy atom. The number of carbonyl (C=O) groups is 1. The lowest BCUT2D eigenvalue weighted by Gasteiger charge is -2.37. The first kappa shape index (κ1) is 22.0. The molecule has 2 aromatic heterocycles. The van der Waals surface area contributed by atoms with E-state index in [0.717, 1.165) is 17.1 Å². The Bertz CT molecular complexity index is 1050. The first-order chi connectivity index (χ1) is 15.2. The van der Waals surface area contributed by atoms with E-state index < -0.39 is 17.7 Å². The molecule has 1 fully saturated rings. The maximum atomic E-state index is 13.8. The number of hydrogen-bond acceptors (Lipinski definition) is 6. The second-order valence-corrected chi connectivity index (χ2v) is 8.20. The molecule has 4 rings (SSSR count). The first-order valence-electron chi connectivity index (χ1n) is 10.5. The van der Waals surface area contributed by atoms with Gasteiger partial charge in [-0.3, -0.25) is 4.79 Å². The third-order valence-electron chi connectivity index (χ3n) is 6.19. The summed E-state index contributed by atoms with van der Waals surface area (Å²) in [7, 11) is 0. The summed E-state index contributed by atoms with van der Waals surface area (Å²) < 4.78 is 41.3. The van der Waals surface area contributed by atoms with Gasteiger partial charge >= 0.3 is 6.18 Å². The molecule has 2 aliphatic rings. The highest BCUT2D eigenvalue weighted by atomic mass is 19.4. The molecule has 1 amide bonds. The molecule has 0 bridgehead atoms. The lowest BCUT2D eigenvalue weighted by Crippen LogP contribution is -2.49. The van der Waals surface area contributed by atoms with Gasteiger partial charge in [-0.25, -0.2) is 15.0 Å². The van der Waals surface area contributed by atoms with Crippen LogP contribution >= 0.6 is 0 Å². The van der Waals surface area contributed by atoms with Crippen molar-refractivity contribution in [2.75, 3.05) is 36.8 Å². The second-order valence-electron chi connectivity index (χ2n) is 8.20. The van der Waals surface area contributed by atoms with Crippen molar-refractivity contribution in [2.45, 2.75) is 38.3 Å². The minimum Gasteiger partial charge on any atom is -0.384 e. The van der Waals surface area contributed by atoms with Gasteiger partial charge in [-0.05, 0) is 43.9 Å². The zero-order valence-electron chi connectivity index (χ0n) is 17.8. The molecular weight excluding hydrogens is 421 g/mol. The summed E-state index contributed by atoms with van der Waals surface area (Å²) in [6.45, 7) is 7.32. The molecule has 0 saturated carbocycles. The number of pyridine rings is 1. The number of nitrogen functional groups attached to an aromatic ring is 1. The van der Waals surface area contributed by atoms with Crippen molar-refractivity contribution >= 4 is 17.5 Å². The van der Waals surface area contributed by atoms with Crippen LogP contribution in [0.5, 0.6) is 0 Å². The van der Waals surface area contributed by atoms with E-state index in [1.807, 2.05) is 0 Å². The summed E-state index contributed by atoms with van der Waals surface area (Å²) in [6, 6.07) is 1.26. The molecule has 7 nitrogen and oxygen atoms in total. The molecule has 1 aliphatic heterocycles. The van der Waals surface area contributed by atoms with E-state index in [1.165, 1.54) is 25.4 Å². The summed E-state index contributed by atoms with van der Waals surface area (Å²) in [6.07, 6.45) is -0.335. The Morgan fingerprint density at radius 3 is 2.62 bits per heavy atom. The molecule has 0 spiro atoms. The van der Waals surface area contributed by atoms with E-state index in [1.54, 1.807) is 4.90 Å². The van der Waals surface area contributed by atoms with Crippen molar-refractivity contribution in [3.8, 4) is 0 Å². The Hall–Kier alpha value is -3.17. The number of carbonyl (C=O) groups excluding carboxylic acids is 1. The maximum Gasteiger partial charge on any atom is 0.418 e. The van der Waals surface area contributed by atoms with E-state index in [9.17, 15) is 18.0 Å². The van der Waals surface area contributed by atoms with Crippen LogP contribution in [0.1, 0.15) is 40.4 Å². The second kappa shape index (κ2) is 8.40. The van der Waals surface area contributed by atoms with Crippen LogP contribution in [0, 0.1) is 6.92 Å². The van der Waals surface area contributed by atoms with Crippen LogP contribution in [0.25, 0.3) is 0 Å². The quantitative estimate of drug-likeness (QED) is 0.730. The number of amides is 1. The highest BCUT2D eigenvalue weighted by Gasteiger charge is 2.39. The molecule has 0 aromatic carbocycles. The molecular formula is C22H25F3N6O. The van der Waals surface area contributed by atoms with Gasteiger partial charge in [0, 0.05) is 43.4 Å². The van der Waals surface area contributed by atoms with Gasteiger partial charge in [0.2, 0.25) is 5.91 Å². The summed E-state index contributed by atoms with van der Waals surface area (Å²) in [5, 5.41) is 0.